The second kappa shape index (κ2) is 11.6. The van der Waals surface area contributed by atoms with Crippen LogP contribution in [0.1, 0.15) is 38.2 Å². The van der Waals surface area contributed by atoms with Gasteiger partial charge in [-0.3, -0.25) is 0 Å². The molecule has 0 bridgehead atoms. The normalized spacial score (nSPS) is 17.6. The van der Waals surface area contributed by atoms with Crippen molar-refractivity contribution >= 4 is 34.8 Å². The highest BCUT2D eigenvalue weighted by Crippen LogP contribution is 2.28. The predicted octanol–water partition coefficient (Wildman–Crippen LogP) is 5.59. The molecule has 0 aliphatic carbocycles. The molecule has 2 aromatic carbocycles. The molecule has 188 valence electrons. The Kier molecular flexibility index (Phi) is 7.81. The molecule has 2 fully saturated rings. The molecule has 3 heterocycles. The first-order chi connectivity index (χ1) is 17.6. The minimum atomic E-state index is 0.429. The van der Waals surface area contributed by atoms with E-state index in [1.54, 1.807) is 0 Å². The summed E-state index contributed by atoms with van der Waals surface area (Å²) >= 11 is 5.57. The fourth-order valence-corrected chi connectivity index (χ4v) is 4.98. The maximum Gasteiger partial charge on any atom is 0.234 e. The fraction of sp³-hybridized carbons (Fsp3) is 0.393. The summed E-state index contributed by atoms with van der Waals surface area (Å²) in [6, 6.07) is 20.3. The Morgan fingerprint density at radius 3 is 2.47 bits per heavy atom. The molecule has 0 unspecified atom stereocenters. The first-order valence-corrected chi connectivity index (χ1v) is 13.3. The molecular weight excluding hydrogens is 468 g/mol. The highest BCUT2D eigenvalue weighted by Gasteiger charge is 2.20. The molecule has 2 aliphatic heterocycles. The number of nitrogens with zero attached hydrogens (tertiary/aromatic N) is 4. The van der Waals surface area contributed by atoms with Gasteiger partial charge in [0.15, 0.2) is 5.11 Å². The first-order valence-electron chi connectivity index (χ1n) is 12.9. The van der Waals surface area contributed by atoms with E-state index < -0.39 is 0 Å². The van der Waals surface area contributed by atoms with Crippen LogP contribution in [0.3, 0.4) is 0 Å². The lowest BCUT2D eigenvalue weighted by atomic mass is 10.0. The molecule has 3 aromatic rings. The van der Waals surface area contributed by atoms with Crippen molar-refractivity contribution in [3.8, 4) is 11.6 Å². The van der Waals surface area contributed by atoms with Crippen LogP contribution in [0.4, 0.5) is 17.5 Å². The fourth-order valence-electron chi connectivity index (χ4n) is 4.82. The van der Waals surface area contributed by atoms with Gasteiger partial charge in [-0.2, -0.15) is 9.97 Å². The minimum Gasteiger partial charge on any atom is -0.439 e. The number of benzene rings is 2. The second-order valence-electron chi connectivity index (χ2n) is 9.66. The maximum atomic E-state index is 6.06. The van der Waals surface area contributed by atoms with Crippen molar-refractivity contribution in [2.45, 2.75) is 39.2 Å². The zero-order chi connectivity index (χ0) is 24.7. The standard InChI is InChI=1S/C28H34N6OS/c1-21-8-7-17-34(20-21)25-18-26(35-24-9-3-2-4-10-24)31-27(30-25)32-28(36)29-19-22-11-13-23(14-12-22)33-15-5-6-16-33/h2-4,9-14,18,21H,5-8,15-17,19-20H2,1H3,(H2,29,30,31,32,36)/t21-/m0/s1. The molecule has 0 radical (unpaired) electrons. The largest absolute Gasteiger partial charge is 0.439 e. The van der Waals surface area contributed by atoms with Crippen molar-refractivity contribution in [1.29, 1.82) is 0 Å². The number of hydrogen-bond donors (Lipinski definition) is 2. The molecule has 0 saturated carbocycles. The number of rotatable bonds is 7. The van der Waals surface area contributed by atoms with Gasteiger partial charge in [0.25, 0.3) is 0 Å². The molecule has 2 aliphatic rings. The van der Waals surface area contributed by atoms with Gasteiger partial charge in [-0.25, -0.2) is 0 Å². The Bertz CT molecular complexity index is 1150. The number of nitrogens with one attached hydrogen (secondary N) is 2. The van der Waals surface area contributed by atoms with Gasteiger partial charge in [-0.1, -0.05) is 37.3 Å². The molecule has 0 spiro atoms. The van der Waals surface area contributed by atoms with Gasteiger partial charge >= 0.3 is 0 Å². The molecule has 36 heavy (non-hydrogen) atoms. The number of ether oxygens (including phenoxy) is 1. The number of hydrogen-bond acceptors (Lipinski definition) is 6. The number of para-hydroxylation sites is 1. The van der Waals surface area contributed by atoms with E-state index in [1.807, 2.05) is 36.4 Å². The Morgan fingerprint density at radius 2 is 1.72 bits per heavy atom. The SMILES string of the molecule is C[C@H]1CCCN(c2cc(Oc3ccccc3)nc(NC(=S)NCc3ccc(N4CCCC4)cc3)n2)C1. The Hall–Kier alpha value is -3.39. The van der Waals surface area contributed by atoms with Crippen molar-refractivity contribution in [3.63, 3.8) is 0 Å². The van der Waals surface area contributed by atoms with Gasteiger partial charge in [0.2, 0.25) is 11.8 Å². The average Bonchev–Trinajstić information content (AvgIpc) is 3.43. The van der Waals surface area contributed by atoms with Crippen LogP contribution in [0, 0.1) is 5.92 Å². The monoisotopic (exact) mass is 502 g/mol. The zero-order valence-electron chi connectivity index (χ0n) is 20.8. The van der Waals surface area contributed by atoms with E-state index in [4.69, 9.17) is 21.9 Å². The number of anilines is 3. The summed E-state index contributed by atoms with van der Waals surface area (Å²) in [4.78, 5) is 14.1. The third-order valence-corrected chi connectivity index (χ3v) is 6.97. The van der Waals surface area contributed by atoms with E-state index in [9.17, 15) is 0 Å². The van der Waals surface area contributed by atoms with E-state index >= 15 is 0 Å². The van der Waals surface area contributed by atoms with Gasteiger partial charge < -0.3 is 25.2 Å². The van der Waals surface area contributed by atoms with Gasteiger partial charge in [-0.15, -0.1) is 0 Å². The van der Waals surface area contributed by atoms with Crippen LogP contribution >= 0.6 is 12.2 Å². The van der Waals surface area contributed by atoms with E-state index in [1.165, 1.54) is 30.5 Å². The lowest BCUT2D eigenvalue weighted by Gasteiger charge is -2.32. The van der Waals surface area contributed by atoms with E-state index in [0.717, 1.165) is 44.2 Å². The highest BCUT2D eigenvalue weighted by molar-refractivity contribution is 7.80. The molecule has 8 heteroatoms. The van der Waals surface area contributed by atoms with Gasteiger partial charge in [-0.05, 0) is 73.6 Å². The van der Waals surface area contributed by atoms with Gasteiger partial charge in [0, 0.05) is 44.5 Å². The summed E-state index contributed by atoms with van der Waals surface area (Å²) in [5, 5.41) is 6.93. The van der Waals surface area contributed by atoms with Crippen LogP contribution in [-0.4, -0.2) is 41.3 Å². The third kappa shape index (κ3) is 6.43. The van der Waals surface area contributed by atoms with Crippen LogP contribution in [0.5, 0.6) is 11.6 Å². The average molecular weight is 503 g/mol. The van der Waals surface area contributed by atoms with E-state index in [2.05, 4.69) is 56.6 Å². The lowest BCUT2D eigenvalue weighted by Crippen LogP contribution is -2.35. The van der Waals surface area contributed by atoms with Crippen molar-refractivity contribution in [2.75, 3.05) is 41.3 Å². The maximum absolute atomic E-state index is 6.06. The van der Waals surface area contributed by atoms with Crippen LogP contribution in [0.25, 0.3) is 0 Å². The third-order valence-electron chi connectivity index (χ3n) is 6.72. The topological polar surface area (TPSA) is 65.6 Å². The smallest absolute Gasteiger partial charge is 0.234 e. The lowest BCUT2D eigenvalue weighted by molar-refractivity contribution is 0.440. The van der Waals surface area contributed by atoms with E-state index in [0.29, 0.717) is 29.4 Å². The molecule has 7 nitrogen and oxygen atoms in total. The van der Waals surface area contributed by atoms with Crippen LogP contribution in [-0.2, 0) is 6.54 Å². The molecule has 1 atom stereocenters. The van der Waals surface area contributed by atoms with Crippen LogP contribution in [0.2, 0.25) is 0 Å². The Labute approximate surface area is 218 Å². The summed E-state index contributed by atoms with van der Waals surface area (Å²) < 4.78 is 6.06. The quantitative estimate of drug-likeness (QED) is 0.405. The summed E-state index contributed by atoms with van der Waals surface area (Å²) in [5.41, 5.74) is 2.47. The molecular formula is C28H34N6OS. The van der Waals surface area contributed by atoms with Gasteiger partial charge in [0.1, 0.15) is 11.6 Å². The van der Waals surface area contributed by atoms with Gasteiger partial charge in [0.05, 0.1) is 0 Å². The second-order valence-corrected chi connectivity index (χ2v) is 10.1. The van der Waals surface area contributed by atoms with Crippen molar-refractivity contribution < 1.29 is 4.74 Å². The molecule has 1 aromatic heterocycles. The molecule has 2 N–H and O–H groups in total. The van der Waals surface area contributed by atoms with E-state index in [-0.39, 0.29) is 0 Å². The number of piperidine rings is 1. The molecule has 0 amide bonds. The Morgan fingerprint density at radius 1 is 0.972 bits per heavy atom. The first kappa shape index (κ1) is 24.3. The number of thiocarbonyl (C=S) groups is 1. The Balaban J connectivity index is 1.25. The minimum absolute atomic E-state index is 0.429. The number of aromatic nitrogens is 2. The zero-order valence-corrected chi connectivity index (χ0v) is 21.6. The predicted molar refractivity (Wildman–Crippen MR) is 150 cm³/mol. The van der Waals surface area contributed by atoms with Crippen molar-refractivity contribution in [2.24, 2.45) is 5.92 Å². The van der Waals surface area contributed by atoms with Crippen LogP contribution < -0.4 is 25.2 Å². The molecule has 5 rings (SSSR count). The summed E-state index contributed by atoms with van der Waals surface area (Å²) in [7, 11) is 0. The molecule has 2 saturated heterocycles. The summed E-state index contributed by atoms with van der Waals surface area (Å²) in [6.45, 7) is 7.15. The summed E-state index contributed by atoms with van der Waals surface area (Å²) in [6.07, 6.45) is 4.95. The highest BCUT2D eigenvalue weighted by atomic mass is 32.1. The van der Waals surface area contributed by atoms with Crippen LogP contribution in [0.15, 0.2) is 60.7 Å². The van der Waals surface area contributed by atoms with Crippen molar-refractivity contribution in [3.05, 3.63) is 66.2 Å². The van der Waals surface area contributed by atoms with Crippen molar-refractivity contribution in [1.82, 2.24) is 15.3 Å². The summed E-state index contributed by atoms with van der Waals surface area (Å²) in [5.74, 6) is 3.14.